The lowest BCUT2D eigenvalue weighted by Crippen LogP contribution is -2.29. The van der Waals surface area contributed by atoms with Crippen molar-refractivity contribution in [1.82, 2.24) is 5.32 Å². The number of methoxy groups -OCH3 is 1. The van der Waals surface area contributed by atoms with Crippen molar-refractivity contribution in [3.05, 3.63) is 89.0 Å². The molecule has 6 nitrogen and oxygen atoms in total. The number of ether oxygens (including phenoxy) is 1. The van der Waals surface area contributed by atoms with Crippen LogP contribution in [0.2, 0.25) is 0 Å². The van der Waals surface area contributed by atoms with Crippen molar-refractivity contribution in [3.8, 4) is 5.75 Å². The quantitative estimate of drug-likeness (QED) is 0.643. The minimum Gasteiger partial charge on any atom is -0.497 e. The zero-order valence-corrected chi connectivity index (χ0v) is 17.6. The molecule has 1 aliphatic heterocycles. The molecule has 2 N–H and O–H groups in total. The van der Waals surface area contributed by atoms with E-state index < -0.39 is 0 Å². The molecular formula is C25H25N3O3. The van der Waals surface area contributed by atoms with Crippen molar-refractivity contribution >= 4 is 23.3 Å². The second-order valence-corrected chi connectivity index (χ2v) is 7.52. The lowest BCUT2D eigenvalue weighted by atomic mass is 10.1. The Kier molecular flexibility index (Phi) is 5.89. The molecule has 1 aliphatic rings. The summed E-state index contributed by atoms with van der Waals surface area (Å²) in [5.41, 5.74) is 5.38. The van der Waals surface area contributed by atoms with Crippen LogP contribution >= 0.6 is 0 Å². The largest absolute Gasteiger partial charge is 0.497 e. The van der Waals surface area contributed by atoms with E-state index >= 15 is 0 Å². The Morgan fingerprint density at radius 2 is 1.81 bits per heavy atom. The third-order valence-electron chi connectivity index (χ3n) is 5.47. The number of benzene rings is 3. The van der Waals surface area contributed by atoms with E-state index in [4.69, 9.17) is 4.74 Å². The fourth-order valence-electron chi connectivity index (χ4n) is 3.70. The topological polar surface area (TPSA) is 70.7 Å². The van der Waals surface area contributed by atoms with Crippen molar-refractivity contribution < 1.29 is 14.3 Å². The van der Waals surface area contributed by atoms with Gasteiger partial charge in [-0.3, -0.25) is 4.79 Å². The molecule has 3 amide bonds. The zero-order valence-electron chi connectivity index (χ0n) is 17.6. The third-order valence-corrected chi connectivity index (χ3v) is 5.47. The summed E-state index contributed by atoms with van der Waals surface area (Å²) < 4.78 is 5.17. The predicted molar refractivity (Wildman–Crippen MR) is 122 cm³/mol. The number of hydrogen-bond acceptors (Lipinski definition) is 3. The van der Waals surface area contributed by atoms with Gasteiger partial charge in [-0.15, -0.1) is 0 Å². The normalized spacial score (nSPS) is 12.3. The fourth-order valence-corrected chi connectivity index (χ4v) is 3.70. The Balaban J connectivity index is 1.43. The fraction of sp³-hybridized carbons (Fsp3) is 0.200. The molecular weight excluding hydrogens is 390 g/mol. The molecule has 0 atom stereocenters. The molecule has 3 aromatic carbocycles. The summed E-state index contributed by atoms with van der Waals surface area (Å²) in [5.74, 6) is 0.680. The smallest absolute Gasteiger partial charge is 0.319 e. The summed E-state index contributed by atoms with van der Waals surface area (Å²) in [7, 11) is 1.60. The minimum absolute atomic E-state index is 0.0381. The van der Waals surface area contributed by atoms with Gasteiger partial charge in [0.1, 0.15) is 5.75 Å². The van der Waals surface area contributed by atoms with Gasteiger partial charge in [0.2, 0.25) is 0 Å². The molecule has 0 bridgehead atoms. The standard InChI is InChI=1S/C25H25N3O3/c1-17-5-3-4-6-22(17)27-25(30)26-16-18-7-8-19-13-14-28(23(19)15-18)24(29)20-9-11-21(31-2)12-10-20/h3-12,15H,13-14,16H2,1-2H3,(H2,26,27,30). The Morgan fingerprint density at radius 1 is 1.03 bits per heavy atom. The van der Waals surface area contributed by atoms with E-state index in [2.05, 4.69) is 10.6 Å². The highest BCUT2D eigenvalue weighted by molar-refractivity contribution is 6.07. The van der Waals surface area contributed by atoms with Gasteiger partial charge in [-0.05, 0) is 66.4 Å². The number of amides is 3. The minimum atomic E-state index is -0.263. The van der Waals surface area contributed by atoms with Crippen molar-refractivity contribution in [2.75, 3.05) is 23.9 Å². The highest BCUT2D eigenvalue weighted by Gasteiger charge is 2.26. The molecule has 4 rings (SSSR count). The lowest BCUT2D eigenvalue weighted by Gasteiger charge is -2.18. The van der Waals surface area contributed by atoms with Gasteiger partial charge in [0, 0.05) is 30.0 Å². The SMILES string of the molecule is COc1ccc(C(=O)N2CCc3ccc(CNC(=O)Nc4ccccc4C)cc32)cc1. The van der Waals surface area contributed by atoms with E-state index in [-0.39, 0.29) is 11.9 Å². The Hall–Kier alpha value is -3.80. The maximum atomic E-state index is 13.0. The van der Waals surface area contributed by atoms with Crippen molar-refractivity contribution in [2.24, 2.45) is 0 Å². The van der Waals surface area contributed by atoms with Gasteiger partial charge in [-0.25, -0.2) is 4.79 Å². The van der Waals surface area contributed by atoms with Gasteiger partial charge in [0.05, 0.1) is 7.11 Å². The van der Waals surface area contributed by atoms with Gasteiger partial charge in [-0.2, -0.15) is 0 Å². The lowest BCUT2D eigenvalue weighted by molar-refractivity contribution is 0.0989. The second kappa shape index (κ2) is 8.92. The average Bonchev–Trinajstić information content (AvgIpc) is 3.22. The predicted octanol–water partition coefficient (Wildman–Crippen LogP) is 4.53. The summed E-state index contributed by atoms with van der Waals surface area (Å²) in [4.78, 5) is 27.1. The van der Waals surface area contributed by atoms with E-state index in [1.54, 1.807) is 36.3 Å². The molecule has 1 heterocycles. The number of carbonyl (C=O) groups excluding carboxylic acids is 2. The summed E-state index contributed by atoms with van der Waals surface area (Å²) in [5, 5.41) is 5.75. The molecule has 0 radical (unpaired) electrons. The number of fused-ring (bicyclic) bond motifs is 1. The molecule has 0 aromatic heterocycles. The zero-order chi connectivity index (χ0) is 21.8. The Labute approximate surface area is 181 Å². The van der Waals surface area contributed by atoms with Crippen molar-refractivity contribution in [2.45, 2.75) is 19.9 Å². The molecule has 0 unspecified atom stereocenters. The first-order valence-corrected chi connectivity index (χ1v) is 10.2. The van der Waals surface area contributed by atoms with Crippen LogP contribution in [0.15, 0.2) is 66.7 Å². The van der Waals surface area contributed by atoms with E-state index in [0.29, 0.717) is 18.7 Å². The first-order chi connectivity index (χ1) is 15.0. The molecule has 6 heteroatoms. The monoisotopic (exact) mass is 415 g/mol. The van der Waals surface area contributed by atoms with E-state index in [1.807, 2.05) is 49.4 Å². The van der Waals surface area contributed by atoms with Crippen LogP contribution < -0.4 is 20.3 Å². The van der Waals surface area contributed by atoms with Gasteiger partial charge in [0.15, 0.2) is 0 Å². The van der Waals surface area contributed by atoms with Crippen LogP contribution in [0, 0.1) is 6.92 Å². The molecule has 31 heavy (non-hydrogen) atoms. The van der Waals surface area contributed by atoms with Gasteiger partial charge >= 0.3 is 6.03 Å². The molecule has 0 aliphatic carbocycles. The summed E-state index contributed by atoms with van der Waals surface area (Å²) in [6.07, 6.45) is 0.818. The number of carbonyl (C=O) groups is 2. The van der Waals surface area contributed by atoms with Crippen LogP contribution in [-0.2, 0) is 13.0 Å². The molecule has 3 aromatic rings. The first kappa shape index (κ1) is 20.5. The molecule has 0 spiro atoms. The highest BCUT2D eigenvalue weighted by atomic mass is 16.5. The summed E-state index contributed by atoms with van der Waals surface area (Å²) in [6.45, 7) is 2.96. The van der Waals surface area contributed by atoms with Gasteiger partial charge < -0.3 is 20.3 Å². The highest BCUT2D eigenvalue weighted by Crippen LogP contribution is 2.30. The number of hydrogen-bond donors (Lipinski definition) is 2. The van der Waals surface area contributed by atoms with Crippen molar-refractivity contribution in [3.63, 3.8) is 0 Å². The number of aryl methyl sites for hydroxylation is 1. The van der Waals surface area contributed by atoms with Crippen LogP contribution in [0.5, 0.6) is 5.75 Å². The maximum absolute atomic E-state index is 13.0. The van der Waals surface area contributed by atoms with Crippen LogP contribution in [-0.4, -0.2) is 25.6 Å². The molecule has 0 fully saturated rings. The van der Waals surface area contributed by atoms with Crippen molar-refractivity contribution in [1.29, 1.82) is 0 Å². The van der Waals surface area contributed by atoms with Gasteiger partial charge in [-0.1, -0.05) is 30.3 Å². The average molecular weight is 415 g/mol. The van der Waals surface area contributed by atoms with Gasteiger partial charge in [0.25, 0.3) is 5.91 Å². The molecule has 0 saturated carbocycles. The maximum Gasteiger partial charge on any atom is 0.319 e. The third kappa shape index (κ3) is 4.53. The van der Waals surface area contributed by atoms with Crippen LogP contribution in [0.25, 0.3) is 0 Å². The van der Waals surface area contributed by atoms with Crippen LogP contribution in [0.4, 0.5) is 16.2 Å². The second-order valence-electron chi connectivity index (χ2n) is 7.52. The van der Waals surface area contributed by atoms with E-state index in [9.17, 15) is 9.59 Å². The van der Waals surface area contributed by atoms with Crippen LogP contribution in [0.1, 0.15) is 27.0 Å². The van der Waals surface area contributed by atoms with Crippen LogP contribution in [0.3, 0.4) is 0 Å². The number of anilines is 2. The first-order valence-electron chi connectivity index (χ1n) is 10.2. The molecule has 158 valence electrons. The number of para-hydroxylation sites is 1. The van der Waals surface area contributed by atoms with E-state index in [1.165, 1.54) is 0 Å². The number of nitrogens with zero attached hydrogens (tertiary/aromatic N) is 1. The summed E-state index contributed by atoms with van der Waals surface area (Å²) >= 11 is 0. The summed E-state index contributed by atoms with van der Waals surface area (Å²) in [6, 6.07) is 20.5. The van der Waals surface area contributed by atoms with E-state index in [0.717, 1.165) is 40.2 Å². The number of rotatable bonds is 5. The number of nitrogens with one attached hydrogen (secondary N) is 2. The molecule has 0 saturated heterocycles. The number of urea groups is 1. The Bertz CT molecular complexity index is 1110. The Morgan fingerprint density at radius 3 is 2.55 bits per heavy atom.